The Hall–Kier alpha value is -2.21. The number of rotatable bonds is 4. The lowest BCUT2D eigenvalue weighted by molar-refractivity contribution is -0.142. The number of carbonyl (C=O) groups excluding carboxylic acids is 1. The topological polar surface area (TPSA) is 79.3 Å². The summed E-state index contributed by atoms with van der Waals surface area (Å²) in [4.78, 5) is 28.1. The molecular formula is C17H18N2O3S. The zero-order valence-corrected chi connectivity index (χ0v) is 13.5. The molecule has 3 atom stereocenters. The molecule has 5 nitrogen and oxygen atoms in total. The Bertz CT molecular complexity index is 735. The van der Waals surface area contributed by atoms with Crippen molar-refractivity contribution in [3.8, 4) is 0 Å². The molecule has 0 saturated heterocycles. The van der Waals surface area contributed by atoms with E-state index in [0.717, 1.165) is 21.6 Å². The third-order valence-corrected chi connectivity index (χ3v) is 5.29. The standard InChI is InChI=1S/C17H18N2O3S/c1-10(17(21)22)18-15(20)11-6-2-3-7-12(11)16-19-13-8-4-5-9-14(13)23-16/h2-5,8-12H,6-7H2,1H3,(H,18,20)(H,21,22). The summed E-state index contributed by atoms with van der Waals surface area (Å²) in [6.45, 7) is 1.48. The predicted octanol–water partition coefficient (Wildman–Crippen LogP) is 2.94. The molecular weight excluding hydrogens is 312 g/mol. The fraction of sp³-hybridized carbons (Fsp3) is 0.353. The van der Waals surface area contributed by atoms with Gasteiger partial charge in [-0.25, -0.2) is 4.98 Å². The molecule has 120 valence electrons. The number of benzene rings is 1. The molecule has 1 aromatic carbocycles. The minimum atomic E-state index is -1.03. The van der Waals surface area contributed by atoms with Crippen molar-refractivity contribution in [2.75, 3.05) is 0 Å². The van der Waals surface area contributed by atoms with Gasteiger partial charge in [0.25, 0.3) is 0 Å². The van der Waals surface area contributed by atoms with E-state index in [9.17, 15) is 9.59 Å². The van der Waals surface area contributed by atoms with Gasteiger partial charge in [-0.05, 0) is 31.9 Å². The SMILES string of the molecule is CC(NC(=O)C1CC=CCC1c1nc2ccccc2s1)C(=O)O. The maximum absolute atomic E-state index is 12.5. The molecule has 0 saturated carbocycles. The Morgan fingerprint density at radius 1 is 1.30 bits per heavy atom. The molecule has 0 fully saturated rings. The number of nitrogens with zero attached hydrogens (tertiary/aromatic N) is 1. The third kappa shape index (κ3) is 3.27. The number of carboxylic acids is 1. The molecule has 0 spiro atoms. The van der Waals surface area contributed by atoms with Crippen molar-refractivity contribution >= 4 is 33.4 Å². The van der Waals surface area contributed by atoms with E-state index >= 15 is 0 Å². The van der Waals surface area contributed by atoms with Gasteiger partial charge in [-0.15, -0.1) is 11.3 Å². The first-order valence-corrected chi connectivity index (χ1v) is 8.41. The van der Waals surface area contributed by atoms with Crippen LogP contribution in [0.2, 0.25) is 0 Å². The summed E-state index contributed by atoms with van der Waals surface area (Å²) >= 11 is 1.61. The fourth-order valence-corrected chi connectivity index (χ4v) is 3.95. The number of thiazole rings is 1. The van der Waals surface area contributed by atoms with E-state index in [0.29, 0.717) is 6.42 Å². The lowest BCUT2D eigenvalue weighted by Crippen LogP contribution is -2.43. The number of aliphatic carboxylic acids is 1. The summed E-state index contributed by atoms with van der Waals surface area (Å²) in [5.74, 6) is -1.52. The number of carbonyl (C=O) groups is 2. The Morgan fingerprint density at radius 3 is 2.78 bits per heavy atom. The quantitative estimate of drug-likeness (QED) is 0.845. The van der Waals surface area contributed by atoms with Gasteiger partial charge in [-0.1, -0.05) is 24.3 Å². The molecule has 1 aliphatic rings. The van der Waals surface area contributed by atoms with Crippen LogP contribution in [-0.2, 0) is 9.59 Å². The second-order valence-corrected chi connectivity index (χ2v) is 6.81. The number of amides is 1. The predicted molar refractivity (Wildman–Crippen MR) is 89.5 cm³/mol. The molecule has 23 heavy (non-hydrogen) atoms. The van der Waals surface area contributed by atoms with E-state index in [2.05, 4.69) is 16.4 Å². The van der Waals surface area contributed by atoms with Crippen LogP contribution in [0.4, 0.5) is 0 Å². The van der Waals surface area contributed by atoms with Gasteiger partial charge in [0.2, 0.25) is 5.91 Å². The van der Waals surface area contributed by atoms with Gasteiger partial charge in [0.1, 0.15) is 6.04 Å². The monoisotopic (exact) mass is 330 g/mol. The lowest BCUT2D eigenvalue weighted by Gasteiger charge is -2.26. The van der Waals surface area contributed by atoms with Gasteiger partial charge in [-0.3, -0.25) is 9.59 Å². The van der Waals surface area contributed by atoms with Crippen molar-refractivity contribution < 1.29 is 14.7 Å². The maximum atomic E-state index is 12.5. The summed E-state index contributed by atoms with van der Waals surface area (Å²) < 4.78 is 1.11. The molecule has 1 aliphatic carbocycles. The molecule has 0 aliphatic heterocycles. The molecule has 1 amide bonds. The van der Waals surface area contributed by atoms with Crippen LogP contribution in [0.1, 0.15) is 30.7 Å². The minimum absolute atomic E-state index is 0.00149. The Morgan fingerprint density at radius 2 is 2.04 bits per heavy atom. The van der Waals surface area contributed by atoms with Gasteiger partial charge >= 0.3 is 5.97 Å². The second-order valence-electron chi connectivity index (χ2n) is 5.74. The molecule has 1 heterocycles. The van der Waals surface area contributed by atoms with E-state index in [4.69, 9.17) is 5.11 Å². The minimum Gasteiger partial charge on any atom is -0.480 e. The van der Waals surface area contributed by atoms with Crippen molar-refractivity contribution in [2.45, 2.75) is 31.7 Å². The van der Waals surface area contributed by atoms with Gasteiger partial charge in [-0.2, -0.15) is 0 Å². The Labute approximate surface area is 138 Å². The number of aromatic nitrogens is 1. The number of carboxylic acid groups (broad SMARTS) is 1. The summed E-state index contributed by atoms with van der Waals surface area (Å²) in [5, 5.41) is 12.5. The molecule has 3 rings (SSSR count). The average molecular weight is 330 g/mol. The average Bonchev–Trinajstić information content (AvgIpc) is 2.98. The summed E-state index contributed by atoms with van der Waals surface area (Å²) in [6.07, 6.45) is 5.42. The van der Waals surface area contributed by atoms with Gasteiger partial charge in [0.05, 0.1) is 21.1 Å². The number of hydrogen-bond donors (Lipinski definition) is 2. The highest BCUT2D eigenvalue weighted by molar-refractivity contribution is 7.18. The van der Waals surface area contributed by atoms with Crippen LogP contribution in [-0.4, -0.2) is 28.0 Å². The van der Waals surface area contributed by atoms with Crippen molar-refractivity contribution in [3.05, 3.63) is 41.4 Å². The summed E-state index contributed by atoms with van der Waals surface area (Å²) in [5.41, 5.74) is 0.945. The van der Waals surface area contributed by atoms with Crippen LogP contribution in [0.3, 0.4) is 0 Å². The summed E-state index contributed by atoms with van der Waals surface area (Å²) in [7, 11) is 0. The zero-order valence-electron chi connectivity index (χ0n) is 12.7. The summed E-state index contributed by atoms with van der Waals surface area (Å²) in [6, 6.07) is 7.03. The molecule has 0 bridgehead atoms. The van der Waals surface area contributed by atoms with Crippen molar-refractivity contribution in [3.63, 3.8) is 0 Å². The van der Waals surface area contributed by atoms with Crippen LogP contribution in [0.5, 0.6) is 0 Å². The molecule has 1 aromatic heterocycles. The van der Waals surface area contributed by atoms with Gasteiger partial charge in [0, 0.05) is 5.92 Å². The van der Waals surface area contributed by atoms with E-state index in [1.807, 2.05) is 30.3 Å². The highest BCUT2D eigenvalue weighted by atomic mass is 32.1. The van der Waals surface area contributed by atoms with Crippen molar-refractivity contribution in [1.82, 2.24) is 10.3 Å². The Balaban J connectivity index is 1.85. The smallest absolute Gasteiger partial charge is 0.325 e. The van der Waals surface area contributed by atoms with Crippen molar-refractivity contribution in [1.29, 1.82) is 0 Å². The number of hydrogen-bond acceptors (Lipinski definition) is 4. The molecule has 2 N–H and O–H groups in total. The van der Waals surface area contributed by atoms with Crippen LogP contribution in [0, 0.1) is 5.92 Å². The molecule has 6 heteroatoms. The second kappa shape index (κ2) is 6.50. The zero-order chi connectivity index (χ0) is 16.4. The van der Waals surface area contributed by atoms with Gasteiger partial charge < -0.3 is 10.4 Å². The third-order valence-electron chi connectivity index (χ3n) is 4.13. The number of para-hydroxylation sites is 1. The van der Waals surface area contributed by atoms with E-state index in [1.165, 1.54) is 6.92 Å². The van der Waals surface area contributed by atoms with E-state index < -0.39 is 12.0 Å². The molecule has 2 aromatic rings. The highest BCUT2D eigenvalue weighted by Crippen LogP contribution is 2.38. The van der Waals surface area contributed by atoms with Crippen LogP contribution in [0.25, 0.3) is 10.2 Å². The van der Waals surface area contributed by atoms with Gasteiger partial charge in [0.15, 0.2) is 0 Å². The maximum Gasteiger partial charge on any atom is 0.325 e. The van der Waals surface area contributed by atoms with Crippen LogP contribution in [0.15, 0.2) is 36.4 Å². The van der Waals surface area contributed by atoms with Crippen LogP contribution < -0.4 is 5.32 Å². The number of nitrogens with one attached hydrogen (secondary N) is 1. The number of allylic oxidation sites excluding steroid dienone is 2. The molecule has 3 unspecified atom stereocenters. The number of fused-ring (bicyclic) bond motifs is 1. The Kier molecular flexibility index (Phi) is 4.43. The fourth-order valence-electron chi connectivity index (χ4n) is 2.81. The van der Waals surface area contributed by atoms with Crippen molar-refractivity contribution in [2.24, 2.45) is 5.92 Å². The first-order valence-electron chi connectivity index (χ1n) is 7.60. The largest absolute Gasteiger partial charge is 0.480 e. The van der Waals surface area contributed by atoms with E-state index in [1.54, 1.807) is 11.3 Å². The first-order chi connectivity index (χ1) is 11.1. The first kappa shape index (κ1) is 15.7. The van der Waals surface area contributed by atoms with Crippen LogP contribution >= 0.6 is 11.3 Å². The normalized spacial score (nSPS) is 22.0. The highest BCUT2D eigenvalue weighted by Gasteiger charge is 2.33. The molecule has 0 radical (unpaired) electrons. The van der Waals surface area contributed by atoms with E-state index in [-0.39, 0.29) is 17.7 Å². The lowest BCUT2D eigenvalue weighted by atomic mass is 9.82.